The van der Waals surface area contributed by atoms with Crippen molar-refractivity contribution in [3.63, 3.8) is 0 Å². The summed E-state index contributed by atoms with van der Waals surface area (Å²) >= 11 is 0. The quantitative estimate of drug-likeness (QED) is 0.793. The fraction of sp³-hybridized carbons (Fsp3) is 0.333. The van der Waals surface area contributed by atoms with E-state index < -0.39 is 0 Å². The summed E-state index contributed by atoms with van der Waals surface area (Å²) in [6, 6.07) is 1.76. The van der Waals surface area contributed by atoms with Crippen LogP contribution in [0.3, 0.4) is 0 Å². The third-order valence-corrected chi connectivity index (χ3v) is 2.41. The van der Waals surface area contributed by atoms with Gasteiger partial charge in [0.1, 0.15) is 13.2 Å². The number of rotatable bonds is 3. The van der Waals surface area contributed by atoms with Gasteiger partial charge in [0, 0.05) is 5.56 Å². The number of phenols is 1. The molecule has 0 fully saturated rings. The molecule has 0 bridgehead atoms. The number of fused-ring (bicyclic) bond motifs is 1. The van der Waals surface area contributed by atoms with Gasteiger partial charge in [-0.15, -0.1) is 6.58 Å². The lowest BCUT2D eigenvalue weighted by atomic mass is 10.1. The molecule has 0 saturated heterocycles. The van der Waals surface area contributed by atoms with Crippen LogP contribution < -0.4 is 14.2 Å². The Morgan fingerprint density at radius 3 is 2.94 bits per heavy atom. The highest BCUT2D eigenvalue weighted by Crippen LogP contribution is 2.47. The van der Waals surface area contributed by atoms with Gasteiger partial charge in [0.05, 0.1) is 7.11 Å². The number of benzene rings is 1. The molecule has 86 valence electrons. The summed E-state index contributed by atoms with van der Waals surface area (Å²) in [6.45, 7) is 4.61. The highest BCUT2D eigenvalue weighted by Gasteiger charge is 2.23. The summed E-state index contributed by atoms with van der Waals surface area (Å²) in [4.78, 5) is 0. The molecular formula is C12H14O4. The van der Waals surface area contributed by atoms with Gasteiger partial charge in [0.15, 0.2) is 11.5 Å². The second-order valence-electron chi connectivity index (χ2n) is 3.43. The second kappa shape index (κ2) is 4.35. The maximum atomic E-state index is 9.97. The first kappa shape index (κ1) is 10.7. The Bertz CT molecular complexity index is 412. The molecule has 1 N–H and O–H groups in total. The lowest BCUT2D eigenvalue weighted by Gasteiger charge is -2.22. The molecule has 0 atom stereocenters. The number of methoxy groups -OCH3 is 1. The number of allylic oxidation sites excluding steroid dienone is 1. The Morgan fingerprint density at radius 1 is 1.50 bits per heavy atom. The van der Waals surface area contributed by atoms with Gasteiger partial charge in [-0.3, -0.25) is 0 Å². The molecule has 0 amide bonds. The van der Waals surface area contributed by atoms with Crippen LogP contribution in [0.1, 0.15) is 5.56 Å². The van der Waals surface area contributed by atoms with Gasteiger partial charge in [0.2, 0.25) is 11.5 Å². The third kappa shape index (κ3) is 1.66. The summed E-state index contributed by atoms with van der Waals surface area (Å²) in [5.74, 6) is 1.50. The summed E-state index contributed by atoms with van der Waals surface area (Å²) < 4.78 is 16.0. The van der Waals surface area contributed by atoms with Crippen molar-refractivity contribution in [3.8, 4) is 23.0 Å². The van der Waals surface area contributed by atoms with Crippen molar-refractivity contribution in [2.24, 2.45) is 0 Å². The maximum Gasteiger partial charge on any atom is 0.207 e. The van der Waals surface area contributed by atoms with Crippen LogP contribution in [0.25, 0.3) is 0 Å². The van der Waals surface area contributed by atoms with Crippen LogP contribution in [0.4, 0.5) is 0 Å². The van der Waals surface area contributed by atoms with E-state index in [1.165, 1.54) is 7.11 Å². The van der Waals surface area contributed by atoms with Gasteiger partial charge in [-0.25, -0.2) is 0 Å². The van der Waals surface area contributed by atoms with E-state index in [1.54, 1.807) is 12.1 Å². The van der Waals surface area contributed by atoms with Crippen molar-refractivity contribution in [1.82, 2.24) is 0 Å². The number of phenolic OH excluding ortho intramolecular Hbond substituents is 1. The van der Waals surface area contributed by atoms with Gasteiger partial charge in [-0.05, 0) is 12.5 Å². The fourth-order valence-electron chi connectivity index (χ4n) is 1.70. The van der Waals surface area contributed by atoms with Crippen LogP contribution in [0.15, 0.2) is 18.7 Å². The Morgan fingerprint density at radius 2 is 2.25 bits per heavy atom. The Kier molecular flexibility index (Phi) is 2.90. The summed E-state index contributed by atoms with van der Waals surface area (Å²) in [6.07, 6.45) is 2.27. The zero-order chi connectivity index (χ0) is 11.5. The van der Waals surface area contributed by atoms with Crippen molar-refractivity contribution in [2.75, 3.05) is 20.3 Å². The largest absolute Gasteiger partial charge is 0.504 e. The molecule has 4 nitrogen and oxygen atoms in total. The van der Waals surface area contributed by atoms with Crippen LogP contribution in [0.5, 0.6) is 23.0 Å². The van der Waals surface area contributed by atoms with E-state index in [-0.39, 0.29) is 5.75 Å². The first-order valence-corrected chi connectivity index (χ1v) is 5.07. The predicted molar refractivity (Wildman–Crippen MR) is 59.5 cm³/mol. The monoisotopic (exact) mass is 222 g/mol. The first-order valence-electron chi connectivity index (χ1n) is 5.07. The molecule has 1 aliphatic rings. The highest BCUT2D eigenvalue weighted by molar-refractivity contribution is 5.62. The van der Waals surface area contributed by atoms with Gasteiger partial charge < -0.3 is 19.3 Å². The Labute approximate surface area is 94.1 Å². The molecule has 1 aromatic rings. The molecular weight excluding hydrogens is 208 g/mol. The molecule has 0 aromatic heterocycles. The van der Waals surface area contributed by atoms with Gasteiger partial charge >= 0.3 is 0 Å². The zero-order valence-electron chi connectivity index (χ0n) is 9.16. The second-order valence-corrected chi connectivity index (χ2v) is 3.43. The van der Waals surface area contributed by atoms with Gasteiger partial charge in [-0.2, -0.15) is 0 Å². The number of hydrogen-bond acceptors (Lipinski definition) is 4. The number of aromatic hydroxyl groups is 1. The molecule has 2 rings (SSSR count). The van der Waals surface area contributed by atoms with E-state index in [1.807, 2.05) is 0 Å². The van der Waals surface area contributed by atoms with Crippen molar-refractivity contribution in [2.45, 2.75) is 6.42 Å². The van der Waals surface area contributed by atoms with Crippen LogP contribution in [-0.4, -0.2) is 25.4 Å². The predicted octanol–water partition coefficient (Wildman–Crippen LogP) is 1.90. The minimum absolute atomic E-state index is 0.0895. The molecule has 0 spiro atoms. The van der Waals surface area contributed by atoms with E-state index in [0.717, 1.165) is 5.56 Å². The molecule has 1 aliphatic heterocycles. The zero-order valence-corrected chi connectivity index (χ0v) is 9.16. The number of ether oxygens (including phenoxy) is 3. The Balaban J connectivity index is 2.54. The normalized spacial score (nSPS) is 13.3. The van der Waals surface area contributed by atoms with Gasteiger partial charge in [-0.1, -0.05) is 6.08 Å². The van der Waals surface area contributed by atoms with Crippen molar-refractivity contribution < 1.29 is 19.3 Å². The molecule has 0 aliphatic carbocycles. The van der Waals surface area contributed by atoms with Gasteiger partial charge in [0.25, 0.3) is 0 Å². The molecule has 1 aromatic carbocycles. The average molecular weight is 222 g/mol. The van der Waals surface area contributed by atoms with Crippen LogP contribution in [0.2, 0.25) is 0 Å². The lowest BCUT2D eigenvalue weighted by Crippen LogP contribution is -2.16. The van der Waals surface area contributed by atoms with E-state index in [4.69, 9.17) is 14.2 Å². The summed E-state index contributed by atoms with van der Waals surface area (Å²) in [5.41, 5.74) is 0.719. The minimum atomic E-state index is 0.0895. The van der Waals surface area contributed by atoms with Crippen LogP contribution in [-0.2, 0) is 6.42 Å². The summed E-state index contributed by atoms with van der Waals surface area (Å²) in [7, 11) is 1.49. The minimum Gasteiger partial charge on any atom is -0.504 e. The average Bonchev–Trinajstić information content (AvgIpc) is 2.31. The number of hydrogen-bond donors (Lipinski definition) is 1. The maximum absolute atomic E-state index is 9.97. The molecule has 0 unspecified atom stereocenters. The van der Waals surface area contributed by atoms with Crippen molar-refractivity contribution >= 4 is 0 Å². The smallest absolute Gasteiger partial charge is 0.207 e. The van der Waals surface area contributed by atoms with Crippen molar-refractivity contribution in [1.29, 1.82) is 0 Å². The molecule has 0 radical (unpaired) electrons. The standard InChI is InChI=1S/C12H14O4/c1-3-4-8-7-9-11(16-6-5-15-9)12(14-2)10(8)13/h3,7,13H,1,4-6H2,2H3. The molecule has 4 heteroatoms. The SMILES string of the molecule is C=CCc1cc2c(c(OC)c1O)OCCO2. The first-order chi connectivity index (χ1) is 7.77. The lowest BCUT2D eigenvalue weighted by molar-refractivity contribution is 0.163. The third-order valence-electron chi connectivity index (χ3n) is 2.41. The summed E-state index contributed by atoms with van der Waals surface area (Å²) in [5, 5.41) is 9.97. The van der Waals surface area contributed by atoms with Crippen LogP contribution >= 0.6 is 0 Å². The Hall–Kier alpha value is -1.84. The topological polar surface area (TPSA) is 47.9 Å². The molecule has 0 saturated carbocycles. The molecule has 1 heterocycles. The van der Waals surface area contributed by atoms with E-state index in [9.17, 15) is 5.11 Å². The molecule has 16 heavy (non-hydrogen) atoms. The van der Waals surface area contributed by atoms with Crippen LogP contribution in [0, 0.1) is 0 Å². The van der Waals surface area contributed by atoms with E-state index >= 15 is 0 Å². The van der Waals surface area contributed by atoms with Crippen molar-refractivity contribution in [3.05, 3.63) is 24.3 Å². The van der Waals surface area contributed by atoms with E-state index in [0.29, 0.717) is 36.9 Å². The fourth-order valence-corrected chi connectivity index (χ4v) is 1.70. The van der Waals surface area contributed by atoms with E-state index in [2.05, 4.69) is 6.58 Å². The highest BCUT2D eigenvalue weighted by atomic mass is 16.6.